The Morgan fingerprint density at radius 3 is 1.83 bits per heavy atom. The van der Waals surface area contributed by atoms with E-state index in [0.29, 0.717) is 22.5 Å². The molecule has 0 heterocycles. The first-order valence-electron chi connectivity index (χ1n) is 10.6. The summed E-state index contributed by atoms with van der Waals surface area (Å²) in [4.78, 5) is 14.8. The van der Waals surface area contributed by atoms with E-state index in [9.17, 15) is 30.7 Å². The third-order valence-corrected chi connectivity index (χ3v) is 5.32. The molecule has 0 aliphatic heterocycles. The minimum absolute atomic E-state index is 0.0248. The first-order valence-corrected chi connectivity index (χ1v) is 10.6. The minimum atomic E-state index is -1.40. The molecule has 36 heavy (non-hydrogen) atoms. The molecule has 0 radical (unpaired) electrons. The van der Waals surface area contributed by atoms with Gasteiger partial charge in [0, 0.05) is 44.9 Å². The maximum Gasteiger partial charge on any atom is 0.118 e. The summed E-state index contributed by atoms with van der Waals surface area (Å²) in [6.45, 7) is 0. The van der Waals surface area contributed by atoms with Crippen LogP contribution in [-0.2, 0) is 0 Å². The van der Waals surface area contributed by atoms with Gasteiger partial charge >= 0.3 is 0 Å². The van der Waals surface area contributed by atoms with E-state index in [4.69, 9.17) is 0 Å². The number of carboxylic acids is 1. The van der Waals surface area contributed by atoms with Crippen LogP contribution < -0.4 is 30.8 Å². The van der Waals surface area contributed by atoms with Crippen molar-refractivity contribution in [2.75, 3.05) is 53.9 Å². The predicted molar refractivity (Wildman–Crippen MR) is 135 cm³/mol. The van der Waals surface area contributed by atoms with Gasteiger partial charge in [0.15, 0.2) is 0 Å². The van der Waals surface area contributed by atoms with Gasteiger partial charge in [0.05, 0.1) is 34.4 Å². The van der Waals surface area contributed by atoms with Gasteiger partial charge in [-0.05, 0) is 30.3 Å². The van der Waals surface area contributed by atoms with Crippen molar-refractivity contribution in [2.24, 2.45) is 5.10 Å². The number of nitrogens with zero attached hydrogens (tertiary/aromatic N) is 5. The summed E-state index contributed by atoms with van der Waals surface area (Å²) < 4.78 is 0. The van der Waals surface area contributed by atoms with E-state index in [1.165, 1.54) is 24.3 Å². The standard InChI is InChI=1S/C24H27N6O6/c1-27(2)19-11-9-15(13-21(19)29(33)34)23(26-25-18-8-6-5-7-17(18)24(31)32)16-10-12-20(28(3)4)22(14-16)30(35)36/h5-14,25,33-35H,1-4H3,(H,31,32)/q-1/p-1. The lowest BCUT2D eigenvalue weighted by atomic mass is 10.00. The van der Waals surface area contributed by atoms with Crippen LogP contribution in [0.5, 0.6) is 0 Å². The van der Waals surface area contributed by atoms with Crippen molar-refractivity contribution in [3.05, 3.63) is 82.6 Å². The summed E-state index contributed by atoms with van der Waals surface area (Å²) >= 11 is 0. The number of hydrogen-bond acceptors (Lipinski definition) is 12. The molecule has 0 atom stereocenters. The van der Waals surface area contributed by atoms with Crippen molar-refractivity contribution in [3.8, 4) is 0 Å². The molecule has 190 valence electrons. The molecule has 0 aliphatic rings. The van der Waals surface area contributed by atoms with Gasteiger partial charge < -0.3 is 30.1 Å². The van der Waals surface area contributed by atoms with E-state index in [0.717, 1.165) is 0 Å². The Morgan fingerprint density at radius 1 is 0.806 bits per heavy atom. The average Bonchev–Trinajstić information content (AvgIpc) is 2.83. The fraction of sp³-hybridized carbons (Fsp3) is 0.167. The van der Waals surface area contributed by atoms with Crippen molar-refractivity contribution in [3.63, 3.8) is 0 Å². The van der Waals surface area contributed by atoms with Gasteiger partial charge in [-0.3, -0.25) is 21.0 Å². The predicted octanol–water partition coefficient (Wildman–Crippen LogP) is 2.32. The van der Waals surface area contributed by atoms with E-state index in [2.05, 4.69) is 10.5 Å². The quantitative estimate of drug-likeness (QED) is 0.255. The second-order valence-corrected chi connectivity index (χ2v) is 8.16. The van der Waals surface area contributed by atoms with E-state index in [1.807, 2.05) is 0 Å². The summed E-state index contributed by atoms with van der Waals surface area (Å²) in [5, 5.41) is 56.8. The lowest BCUT2D eigenvalue weighted by Crippen LogP contribution is -2.23. The van der Waals surface area contributed by atoms with Gasteiger partial charge in [0.25, 0.3) is 0 Å². The van der Waals surface area contributed by atoms with E-state index < -0.39 is 5.97 Å². The Hall–Kier alpha value is -4.36. The van der Waals surface area contributed by atoms with Gasteiger partial charge in [0.2, 0.25) is 0 Å². The summed E-state index contributed by atoms with van der Waals surface area (Å²) in [5.41, 5.74) is 4.63. The second-order valence-electron chi connectivity index (χ2n) is 8.16. The van der Waals surface area contributed by atoms with Crippen LogP contribution in [0.15, 0.2) is 65.8 Å². The molecule has 0 saturated heterocycles. The largest absolute Gasteiger partial charge is 0.733 e. The van der Waals surface area contributed by atoms with Crippen molar-refractivity contribution >= 4 is 40.1 Å². The molecule has 4 N–H and O–H groups in total. The van der Waals surface area contributed by atoms with Crippen LogP contribution in [0.1, 0.15) is 21.5 Å². The highest BCUT2D eigenvalue weighted by Crippen LogP contribution is 2.32. The summed E-state index contributed by atoms with van der Waals surface area (Å²) in [5.74, 6) is -1.40. The monoisotopic (exact) mass is 494 g/mol. The smallest absolute Gasteiger partial charge is 0.118 e. The first kappa shape index (κ1) is 26.2. The zero-order valence-corrected chi connectivity index (χ0v) is 20.1. The maximum atomic E-state index is 11.9. The topological polar surface area (TPSA) is 161 Å². The van der Waals surface area contributed by atoms with E-state index in [-0.39, 0.29) is 38.8 Å². The van der Waals surface area contributed by atoms with Gasteiger partial charge in [-0.25, -0.2) is 0 Å². The molecule has 3 aromatic rings. The number of para-hydroxylation sites is 1. The summed E-state index contributed by atoms with van der Waals surface area (Å²) in [6, 6.07) is 15.4. The van der Waals surface area contributed by atoms with Crippen LogP contribution in [0.25, 0.3) is 0 Å². The molecule has 0 unspecified atom stereocenters. The molecular weight excluding hydrogens is 468 g/mol. The Balaban J connectivity index is 2.23. The van der Waals surface area contributed by atoms with Crippen LogP contribution in [0, 0.1) is 5.21 Å². The third kappa shape index (κ3) is 5.64. The molecule has 0 spiro atoms. The van der Waals surface area contributed by atoms with Crippen LogP contribution in [0.3, 0.4) is 0 Å². The average molecular weight is 495 g/mol. The molecular formula is C24H26N6O6-2. The highest BCUT2D eigenvalue weighted by atomic mass is 16.8. The number of carbonyl (C=O) groups excluding carboxylic acids is 1. The molecule has 0 aliphatic carbocycles. The number of aromatic carboxylic acids is 1. The van der Waals surface area contributed by atoms with Crippen LogP contribution in [0.2, 0.25) is 0 Å². The molecule has 0 amide bonds. The summed E-state index contributed by atoms with van der Waals surface area (Å²) in [6.07, 6.45) is 0. The number of benzene rings is 3. The SMILES string of the molecule is CN(C)c1ccc(C(=NNc2ccccc2C(=O)[O-])c2ccc(N(C)C)c(N(O)O)c2)cc1N([O-])O. The van der Waals surface area contributed by atoms with Crippen molar-refractivity contribution in [1.29, 1.82) is 0 Å². The van der Waals surface area contributed by atoms with Crippen LogP contribution in [-0.4, -0.2) is 55.5 Å². The van der Waals surface area contributed by atoms with Gasteiger partial charge in [-0.1, -0.05) is 30.3 Å². The Kier molecular flexibility index (Phi) is 7.96. The Morgan fingerprint density at radius 2 is 1.33 bits per heavy atom. The molecule has 3 aromatic carbocycles. The molecule has 0 saturated carbocycles. The highest BCUT2D eigenvalue weighted by Gasteiger charge is 2.17. The van der Waals surface area contributed by atoms with Crippen molar-refractivity contribution < 1.29 is 25.5 Å². The highest BCUT2D eigenvalue weighted by molar-refractivity contribution is 6.14. The lowest BCUT2D eigenvalue weighted by molar-refractivity contribution is -0.254. The number of carbonyl (C=O) groups is 1. The minimum Gasteiger partial charge on any atom is -0.733 e. The molecule has 12 nitrogen and oxygen atoms in total. The van der Waals surface area contributed by atoms with Crippen LogP contribution >= 0.6 is 0 Å². The Bertz CT molecular complexity index is 1210. The van der Waals surface area contributed by atoms with Gasteiger partial charge in [-0.15, -0.1) is 5.23 Å². The van der Waals surface area contributed by atoms with Crippen molar-refractivity contribution in [1.82, 2.24) is 0 Å². The fourth-order valence-corrected chi connectivity index (χ4v) is 3.58. The molecule has 0 aromatic heterocycles. The van der Waals surface area contributed by atoms with E-state index in [1.54, 1.807) is 74.4 Å². The van der Waals surface area contributed by atoms with Crippen LogP contribution in [0.4, 0.5) is 28.4 Å². The maximum absolute atomic E-state index is 11.9. The van der Waals surface area contributed by atoms with E-state index >= 15 is 0 Å². The number of hydrazone groups is 1. The fourth-order valence-electron chi connectivity index (χ4n) is 3.58. The number of carboxylic acid groups (broad SMARTS) is 1. The zero-order chi connectivity index (χ0) is 26.6. The van der Waals surface area contributed by atoms with Gasteiger partial charge in [0.1, 0.15) is 5.69 Å². The summed E-state index contributed by atoms with van der Waals surface area (Å²) in [7, 11) is 6.87. The van der Waals surface area contributed by atoms with Gasteiger partial charge in [-0.2, -0.15) is 5.10 Å². The van der Waals surface area contributed by atoms with Crippen molar-refractivity contribution in [2.45, 2.75) is 0 Å². The molecule has 3 rings (SSSR count). The second kappa shape index (κ2) is 10.9. The number of anilines is 5. The normalized spacial score (nSPS) is 11.2. The lowest BCUT2D eigenvalue weighted by Gasteiger charge is -2.28. The number of hydrogen-bond donors (Lipinski definition) is 4. The first-order chi connectivity index (χ1) is 17.0. The molecule has 12 heteroatoms. The number of nitrogens with one attached hydrogen (secondary N) is 1. The third-order valence-electron chi connectivity index (χ3n) is 5.32. The number of rotatable bonds is 9. The Labute approximate surface area is 207 Å². The molecule has 0 fully saturated rings. The molecule has 0 bridgehead atoms. The zero-order valence-electron chi connectivity index (χ0n) is 20.1.